The van der Waals surface area contributed by atoms with Crippen LogP contribution in [0, 0.1) is 0 Å². The summed E-state index contributed by atoms with van der Waals surface area (Å²) >= 11 is 7.39. The van der Waals surface area contributed by atoms with E-state index in [9.17, 15) is 4.79 Å². The van der Waals surface area contributed by atoms with Gasteiger partial charge in [-0.1, -0.05) is 35.5 Å². The quantitative estimate of drug-likeness (QED) is 0.484. The number of thioether (sulfide) groups is 1. The lowest BCUT2D eigenvalue weighted by molar-refractivity contribution is 0.0953. The van der Waals surface area contributed by atoms with Gasteiger partial charge >= 0.3 is 0 Å². The van der Waals surface area contributed by atoms with E-state index in [0.29, 0.717) is 34.5 Å². The van der Waals surface area contributed by atoms with Crippen LogP contribution in [-0.2, 0) is 5.75 Å². The van der Waals surface area contributed by atoms with Gasteiger partial charge in [0.2, 0.25) is 0 Å². The van der Waals surface area contributed by atoms with Gasteiger partial charge in [-0.2, -0.15) is 0 Å². The Bertz CT molecular complexity index is 864. The van der Waals surface area contributed by atoms with Crippen molar-refractivity contribution in [2.24, 2.45) is 5.73 Å². The van der Waals surface area contributed by atoms with Gasteiger partial charge in [0.1, 0.15) is 5.52 Å². The molecule has 0 saturated carbocycles. The highest BCUT2D eigenvalue weighted by molar-refractivity contribution is 7.98. The predicted molar refractivity (Wildman–Crippen MR) is 101 cm³/mol. The molecule has 0 aliphatic carbocycles. The second-order valence-electron chi connectivity index (χ2n) is 5.48. The minimum absolute atomic E-state index is 0.137. The number of oxazole rings is 1. The lowest BCUT2D eigenvalue weighted by atomic mass is 10.2. The van der Waals surface area contributed by atoms with Crippen molar-refractivity contribution in [2.45, 2.75) is 17.4 Å². The molecule has 3 N–H and O–H groups in total. The van der Waals surface area contributed by atoms with Gasteiger partial charge in [0.15, 0.2) is 5.58 Å². The number of halogens is 1. The van der Waals surface area contributed by atoms with Crippen LogP contribution in [0.25, 0.3) is 11.1 Å². The largest absolute Gasteiger partial charge is 0.431 e. The first kappa shape index (κ1) is 17.8. The van der Waals surface area contributed by atoms with Crippen molar-refractivity contribution in [3.05, 3.63) is 58.6 Å². The van der Waals surface area contributed by atoms with E-state index in [-0.39, 0.29) is 5.91 Å². The van der Waals surface area contributed by atoms with Crippen molar-refractivity contribution in [2.75, 3.05) is 13.1 Å². The van der Waals surface area contributed by atoms with Crippen molar-refractivity contribution in [3.8, 4) is 0 Å². The van der Waals surface area contributed by atoms with Gasteiger partial charge in [-0.25, -0.2) is 4.98 Å². The number of carbonyl (C=O) groups is 1. The van der Waals surface area contributed by atoms with Crippen LogP contribution >= 0.6 is 23.4 Å². The van der Waals surface area contributed by atoms with E-state index in [0.717, 1.165) is 23.3 Å². The Hall–Kier alpha value is -2.02. The van der Waals surface area contributed by atoms with E-state index >= 15 is 0 Å². The molecule has 25 heavy (non-hydrogen) atoms. The molecule has 130 valence electrons. The van der Waals surface area contributed by atoms with Gasteiger partial charge in [-0.15, -0.1) is 0 Å². The molecule has 0 unspecified atom stereocenters. The van der Waals surface area contributed by atoms with E-state index in [1.54, 1.807) is 18.2 Å². The number of fused-ring (bicyclic) bond motifs is 1. The second-order valence-corrected chi connectivity index (χ2v) is 6.84. The van der Waals surface area contributed by atoms with Crippen LogP contribution in [0.3, 0.4) is 0 Å². The van der Waals surface area contributed by atoms with Crippen molar-refractivity contribution in [3.63, 3.8) is 0 Å². The van der Waals surface area contributed by atoms with E-state index in [1.807, 2.05) is 24.3 Å². The highest BCUT2D eigenvalue weighted by Crippen LogP contribution is 2.27. The summed E-state index contributed by atoms with van der Waals surface area (Å²) in [7, 11) is 0. The molecule has 0 radical (unpaired) electrons. The molecular formula is C18H18ClN3O2S. The topological polar surface area (TPSA) is 81.1 Å². The maximum absolute atomic E-state index is 12.1. The van der Waals surface area contributed by atoms with Gasteiger partial charge in [-0.05, 0) is 48.9 Å². The Labute approximate surface area is 154 Å². The molecule has 5 nitrogen and oxygen atoms in total. The molecule has 0 aliphatic rings. The van der Waals surface area contributed by atoms with Crippen LogP contribution in [0.2, 0.25) is 5.02 Å². The molecule has 7 heteroatoms. The molecule has 0 aliphatic heterocycles. The SMILES string of the molecule is NCCCNC(=O)c1ccc2nc(SCc3ccc(Cl)cc3)oc2c1. The third kappa shape index (κ3) is 4.75. The van der Waals surface area contributed by atoms with Gasteiger partial charge in [0, 0.05) is 22.9 Å². The molecule has 0 saturated heterocycles. The molecule has 3 aromatic rings. The summed E-state index contributed by atoms with van der Waals surface area (Å²) in [6, 6.07) is 12.9. The van der Waals surface area contributed by atoms with Crippen LogP contribution in [0.15, 0.2) is 52.1 Å². The van der Waals surface area contributed by atoms with E-state index in [4.69, 9.17) is 21.8 Å². The minimum Gasteiger partial charge on any atom is -0.431 e. The van der Waals surface area contributed by atoms with Crippen LogP contribution in [0.1, 0.15) is 22.3 Å². The molecule has 1 aromatic heterocycles. The molecule has 0 bridgehead atoms. The number of hydrogen-bond acceptors (Lipinski definition) is 5. The van der Waals surface area contributed by atoms with Crippen LogP contribution in [-0.4, -0.2) is 24.0 Å². The molecule has 0 atom stereocenters. The number of carbonyl (C=O) groups excluding carboxylic acids is 1. The first-order valence-electron chi connectivity index (χ1n) is 7.92. The standard InChI is InChI=1S/C18H18ClN3O2S/c19-14-5-2-12(3-6-14)11-25-18-22-15-7-4-13(10-16(15)24-18)17(23)21-9-1-8-20/h2-7,10H,1,8-9,11,20H2,(H,21,23). The Kier molecular flexibility index (Phi) is 5.96. The number of aromatic nitrogens is 1. The first-order valence-corrected chi connectivity index (χ1v) is 9.28. The van der Waals surface area contributed by atoms with Gasteiger partial charge in [0.25, 0.3) is 11.1 Å². The lowest BCUT2D eigenvalue weighted by Gasteiger charge is -2.03. The Morgan fingerprint density at radius 3 is 2.80 bits per heavy atom. The fourth-order valence-electron chi connectivity index (χ4n) is 2.24. The number of hydrogen-bond donors (Lipinski definition) is 2. The van der Waals surface area contributed by atoms with Crippen LogP contribution < -0.4 is 11.1 Å². The maximum Gasteiger partial charge on any atom is 0.257 e. The average Bonchev–Trinajstić information content (AvgIpc) is 3.03. The molecular weight excluding hydrogens is 358 g/mol. The van der Waals surface area contributed by atoms with Crippen molar-refractivity contribution >= 4 is 40.4 Å². The summed E-state index contributed by atoms with van der Waals surface area (Å²) in [5, 5.41) is 4.12. The molecule has 0 fully saturated rings. The van der Waals surface area contributed by atoms with E-state index in [1.165, 1.54) is 11.8 Å². The smallest absolute Gasteiger partial charge is 0.257 e. The number of rotatable bonds is 7. The summed E-state index contributed by atoms with van der Waals surface area (Å²) < 4.78 is 5.76. The highest BCUT2D eigenvalue weighted by Gasteiger charge is 2.11. The number of nitrogens with zero attached hydrogens (tertiary/aromatic N) is 1. The molecule has 3 rings (SSSR count). The average molecular weight is 376 g/mol. The maximum atomic E-state index is 12.1. The van der Waals surface area contributed by atoms with Gasteiger partial charge in [0.05, 0.1) is 0 Å². The molecule has 0 spiro atoms. The zero-order chi connectivity index (χ0) is 17.6. The second kappa shape index (κ2) is 8.38. The monoisotopic (exact) mass is 375 g/mol. The number of benzene rings is 2. The molecule has 1 heterocycles. The summed E-state index contributed by atoms with van der Waals surface area (Å²) in [4.78, 5) is 16.5. The first-order chi connectivity index (χ1) is 12.2. The van der Waals surface area contributed by atoms with E-state index in [2.05, 4.69) is 10.3 Å². The summed E-state index contributed by atoms with van der Waals surface area (Å²) in [5.74, 6) is 0.596. The summed E-state index contributed by atoms with van der Waals surface area (Å²) in [5.41, 5.74) is 8.45. The van der Waals surface area contributed by atoms with Crippen LogP contribution in [0.5, 0.6) is 0 Å². The summed E-state index contributed by atoms with van der Waals surface area (Å²) in [6.45, 7) is 1.11. The third-order valence-electron chi connectivity index (χ3n) is 3.57. The van der Waals surface area contributed by atoms with Crippen molar-refractivity contribution < 1.29 is 9.21 Å². The number of amides is 1. The lowest BCUT2D eigenvalue weighted by Crippen LogP contribution is -2.25. The van der Waals surface area contributed by atoms with Gasteiger partial charge in [-0.3, -0.25) is 4.79 Å². The fourth-order valence-corrected chi connectivity index (χ4v) is 3.16. The normalized spacial score (nSPS) is 11.0. The third-order valence-corrected chi connectivity index (χ3v) is 4.72. The Balaban J connectivity index is 1.67. The zero-order valence-electron chi connectivity index (χ0n) is 13.5. The molecule has 2 aromatic carbocycles. The van der Waals surface area contributed by atoms with Crippen molar-refractivity contribution in [1.82, 2.24) is 10.3 Å². The van der Waals surface area contributed by atoms with Crippen molar-refractivity contribution in [1.29, 1.82) is 0 Å². The minimum atomic E-state index is -0.137. The Morgan fingerprint density at radius 1 is 1.24 bits per heavy atom. The van der Waals surface area contributed by atoms with E-state index < -0.39 is 0 Å². The number of nitrogens with two attached hydrogens (primary N) is 1. The zero-order valence-corrected chi connectivity index (χ0v) is 15.1. The van der Waals surface area contributed by atoms with Gasteiger partial charge < -0.3 is 15.5 Å². The molecule has 1 amide bonds. The fraction of sp³-hybridized carbons (Fsp3) is 0.222. The summed E-state index contributed by atoms with van der Waals surface area (Å²) in [6.07, 6.45) is 0.752. The van der Waals surface area contributed by atoms with Crippen LogP contribution in [0.4, 0.5) is 0 Å². The highest BCUT2D eigenvalue weighted by atomic mass is 35.5. The predicted octanol–water partition coefficient (Wildman–Crippen LogP) is 3.85. The number of nitrogens with one attached hydrogen (secondary N) is 1. The Morgan fingerprint density at radius 2 is 2.04 bits per heavy atom.